The average molecular weight is 322 g/mol. The van der Waals surface area contributed by atoms with Gasteiger partial charge in [0.2, 0.25) is 5.91 Å². The second kappa shape index (κ2) is 7.23. The normalized spacial score (nSPS) is 11.0. The number of anilines is 1. The van der Waals surface area contributed by atoms with E-state index in [0.29, 0.717) is 5.56 Å². The third-order valence-electron chi connectivity index (χ3n) is 2.26. The molecule has 5 nitrogen and oxygen atoms in total. The van der Waals surface area contributed by atoms with Crippen LogP contribution in [0.5, 0.6) is 5.75 Å². The van der Waals surface area contributed by atoms with Crippen molar-refractivity contribution in [3.63, 3.8) is 0 Å². The monoisotopic (exact) mass is 322 g/mol. The molecule has 3 N–H and O–H groups in total. The standard InChI is InChI=1S/C12H13F3N2O3S/c1-19-9-4-7(11(16)21)2-3-8(9)17-10(18)5-20-6-12(13,14)15/h2-4H,5-6H2,1H3,(H2,16,21)(H,17,18). The van der Waals surface area contributed by atoms with E-state index in [0.717, 1.165) is 0 Å². The number of alkyl halides is 3. The van der Waals surface area contributed by atoms with Gasteiger partial charge in [0.05, 0.1) is 12.8 Å². The molecule has 0 unspecified atom stereocenters. The van der Waals surface area contributed by atoms with E-state index >= 15 is 0 Å². The van der Waals surface area contributed by atoms with Crippen LogP contribution in [0.4, 0.5) is 18.9 Å². The molecule has 0 heterocycles. The molecule has 0 aliphatic heterocycles. The number of nitrogens with two attached hydrogens (primary N) is 1. The summed E-state index contributed by atoms with van der Waals surface area (Å²) in [5.74, 6) is -0.454. The maximum absolute atomic E-state index is 11.9. The minimum Gasteiger partial charge on any atom is -0.495 e. The molecule has 21 heavy (non-hydrogen) atoms. The molecule has 9 heteroatoms. The Bertz CT molecular complexity index is 535. The van der Waals surface area contributed by atoms with Crippen molar-refractivity contribution in [3.05, 3.63) is 23.8 Å². The quantitative estimate of drug-likeness (QED) is 0.782. The first-order valence-electron chi connectivity index (χ1n) is 5.65. The van der Waals surface area contributed by atoms with Gasteiger partial charge in [-0.15, -0.1) is 0 Å². The van der Waals surface area contributed by atoms with Crippen LogP contribution in [0, 0.1) is 0 Å². The van der Waals surface area contributed by atoms with Crippen molar-refractivity contribution in [1.29, 1.82) is 0 Å². The van der Waals surface area contributed by atoms with Crippen LogP contribution < -0.4 is 15.8 Å². The second-order valence-electron chi connectivity index (χ2n) is 3.94. The van der Waals surface area contributed by atoms with E-state index in [1.165, 1.54) is 19.2 Å². The number of ether oxygens (including phenoxy) is 2. The maximum atomic E-state index is 11.9. The van der Waals surface area contributed by atoms with Gasteiger partial charge >= 0.3 is 6.18 Å². The largest absolute Gasteiger partial charge is 0.495 e. The van der Waals surface area contributed by atoms with Gasteiger partial charge in [-0.3, -0.25) is 4.79 Å². The van der Waals surface area contributed by atoms with Gasteiger partial charge in [0.25, 0.3) is 0 Å². The summed E-state index contributed by atoms with van der Waals surface area (Å²) >= 11 is 4.80. The fourth-order valence-corrected chi connectivity index (χ4v) is 1.52. The van der Waals surface area contributed by atoms with Crippen molar-refractivity contribution < 1.29 is 27.4 Å². The smallest absolute Gasteiger partial charge is 0.411 e. The van der Waals surface area contributed by atoms with E-state index in [4.69, 9.17) is 22.7 Å². The van der Waals surface area contributed by atoms with E-state index < -0.39 is 25.3 Å². The number of benzene rings is 1. The number of nitrogens with one attached hydrogen (secondary N) is 1. The zero-order valence-corrected chi connectivity index (χ0v) is 11.8. The lowest BCUT2D eigenvalue weighted by molar-refractivity contribution is -0.174. The van der Waals surface area contributed by atoms with Crippen LogP contribution in [0.25, 0.3) is 0 Å². The van der Waals surface area contributed by atoms with Crippen LogP contribution >= 0.6 is 12.2 Å². The molecule has 1 amide bonds. The zero-order chi connectivity index (χ0) is 16.0. The van der Waals surface area contributed by atoms with E-state index in [1.54, 1.807) is 6.07 Å². The topological polar surface area (TPSA) is 73.6 Å². The summed E-state index contributed by atoms with van der Waals surface area (Å²) in [4.78, 5) is 11.6. The van der Waals surface area contributed by atoms with Crippen LogP contribution in [-0.2, 0) is 9.53 Å². The van der Waals surface area contributed by atoms with E-state index in [2.05, 4.69) is 10.1 Å². The molecular formula is C12H13F3N2O3S. The van der Waals surface area contributed by atoms with Crippen molar-refractivity contribution >= 4 is 28.8 Å². The number of hydrogen-bond donors (Lipinski definition) is 2. The van der Waals surface area contributed by atoms with Crippen molar-refractivity contribution in [1.82, 2.24) is 0 Å². The number of carbonyl (C=O) groups excluding carboxylic acids is 1. The Morgan fingerprint density at radius 2 is 2.10 bits per heavy atom. The van der Waals surface area contributed by atoms with E-state index in [1.807, 2.05) is 0 Å². The first-order valence-corrected chi connectivity index (χ1v) is 6.06. The van der Waals surface area contributed by atoms with Crippen molar-refractivity contribution in [2.45, 2.75) is 6.18 Å². The lowest BCUT2D eigenvalue weighted by Gasteiger charge is -2.12. The van der Waals surface area contributed by atoms with Gasteiger partial charge in [-0.1, -0.05) is 12.2 Å². The fraction of sp³-hybridized carbons (Fsp3) is 0.333. The molecule has 0 bridgehead atoms. The molecule has 0 aromatic heterocycles. The number of methoxy groups -OCH3 is 1. The fourth-order valence-electron chi connectivity index (χ4n) is 1.39. The zero-order valence-electron chi connectivity index (χ0n) is 11.0. The summed E-state index contributed by atoms with van der Waals surface area (Å²) in [6.45, 7) is -2.21. The number of halogens is 3. The SMILES string of the molecule is COc1cc(C(N)=S)ccc1NC(=O)COCC(F)(F)F. The molecule has 0 aliphatic carbocycles. The molecule has 116 valence electrons. The van der Waals surface area contributed by atoms with Gasteiger partial charge in [-0.2, -0.15) is 13.2 Å². The number of thiocarbonyl (C=S) groups is 1. The van der Waals surface area contributed by atoms with Gasteiger partial charge in [-0.05, 0) is 18.2 Å². The molecule has 0 aliphatic rings. The molecule has 0 radical (unpaired) electrons. The van der Waals surface area contributed by atoms with Crippen molar-refractivity contribution in [2.24, 2.45) is 5.73 Å². The Morgan fingerprint density at radius 3 is 2.62 bits per heavy atom. The van der Waals surface area contributed by atoms with Crippen molar-refractivity contribution in [3.8, 4) is 5.75 Å². The number of hydrogen-bond acceptors (Lipinski definition) is 4. The van der Waals surface area contributed by atoms with Gasteiger partial charge in [0, 0.05) is 5.56 Å². The minimum atomic E-state index is -4.48. The molecule has 1 aromatic rings. The lowest BCUT2D eigenvalue weighted by Crippen LogP contribution is -2.24. The highest BCUT2D eigenvalue weighted by Gasteiger charge is 2.27. The van der Waals surface area contributed by atoms with Crippen LogP contribution in [0.1, 0.15) is 5.56 Å². The third kappa shape index (κ3) is 5.96. The number of carbonyl (C=O) groups is 1. The van der Waals surface area contributed by atoms with Crippen LogP contribution in [0.3, 0.4) is 0 Å². The van der Waals surface area contributed by atoms with Crippen LogP contribution in [-0.4, -0.2) is 37.4 Å². The Kier molecular flexibility index (Phi) is 5.91. The highest BCUT2D eigenvalue weighted by Crippen LogP contribution is 2.25. The molecule has 0 saturated heterocycles. The summed E-state index contributed by atoms with van der Waals surface area (Å²) in [5, 5.41) is 2.37. The number of amides is 1. The molecule has 0 fully saturated rings. The predicted octanol–water partition coefficient (Wildman–Crippen LogP) is 1.85. The predicted molar refractivity (Wildman–Crippen MR) is 74.4 cm³/mol. The summed E-state index contributed by atoms with van der Waals surface area (Å²) < 4.78 is 44.9. The van der Waals surface area contributed by atoms with Gasteiger partial charge in [0.15, 0.2) is 0 Å². The van der Waals surface area contributed by atoms with Crippen LogP contribution in [0.15, 0.2) is 18.2 Å². The Hall–Kier alpha value is -1.87. The molecule has 0 atom stereocenters. The maximum Gasteiger partial charge on any atom is 0.411 e. The second-order valence-corrected chi connectivity index (χ2v) is 4.38. The van der Waals surface area contributed by atoms with E-state index in [9.17, 15) is 18.0 Å². The molecule has 1 rings (SSSR count). The summed E-state index contributed by atoms with van der Waals surface area (Å²) in [7, 11) is 1.37. The summed E-state index contributed by atoms with van der Waals surface area (Å²) in [6, 6.07) is 4.54. The molecule has 0 spiro atoms. The van der Waals surface area contributed by atoms with Crippen molar-refractivity contribution in [2.75, 3.05) is 25.6 Å². The molecular weight excluding hydrogens is 309 g/mol. The highest BCUT2D eigenvalue weighted by atomic mass is 32.1. The third-order valence-corrected chi connectivity index (χ3v) is 2.49. The first kappa shape index (κ1) is 17.2. The molecule has 0 saturated carbocycles. The molecule has 1 aromatic carbocycles. The lowest BCUT2D eigenvalue weighted by atomic mass is 10.2. The summed E-state index contributed by atoms with van der Waals surface area (Å²) in [6.07, 6.45) is -4.48. The Labute approximate surface area is 124 Å². The summed E-state index contributed by atoms with van der Waals surface area (Å²) in [5.41, 5.74) is 6.27. The first-order chi connectivity index (χ1) is 9.73. The highest BCUT2D eigenvalue weighted by molar-refractivity contribution is 7.80. The Morgan fingerprint density at radius 1 is 1.43 bits per heavy atom. The van der Waals surface area contributed by atoms with Gasteiger partial charge in [-0.25, -0.2) is 0 Å². The minimum absolute atomic E-state index is 0.152. The van der Waals surface area contributed by atoms with Gasteiger partial charge < -0.3 is 20.5 Å². The Balaban J connectivity index is 2.65. The van der Waals surface area contributed by atoms with Crippen LogP contribution in [0.2, 0.25) is 0 Å². The number of rotatable bonds is 6. The van der Waals surface area contributed by atoms with E-state index in [-0.39, 0.29) is 16.4 Å². The van der Waals surface area contributed by atoms with Gasteiger partial charge in [0.1, 0.15) is 24.0 Å². The average Bonchev–Trinajstić information content (AvgIpc) is 2.37.